The zero-order valence-electron chi connectivity index (χ0n) is 12.7. The second kappa shape index (κ2) is 6.02. The molecular formula is C18H18N2O2. The topological polar surface area (TPSA) is 41.9 Å². The summed E-state index contributed by atoms with van der Waals surface area (Å²) in [6.07, 6.45) is 0.718. The van der Waals surface area contributed by atoms with Gasteiger partial charge in [0, 0.05) is 13.3 Å². The molecule has 0 radical (unpaired) electrons. The van der Waals surface area contributed by atoms with E-state index in [1.165, 1.54) is 0 Å². The van der Waals surface area contributed by atoms with E-state index < -0.39 is 0 Å². The summed E-state index contributed by atoms with van der Waals surface area (Å²) in [5, 5.41) is 6.10. The minimum atomic E-state index is -0.0568. The van der Waals surface area contributed by atoms with Gasteiger partial charge in [0.2, 0.25) is 5.91 Å². The normalized spacial score (nSPS) is 17.3. The average molecular weight is 294 g/mol. The summed E-state index contributed by atoms with van der Waals surface area (Å²) in [6, 6.07) is 17.7. The highest BCUT2D eigenvalue weighted by molar-refractivity contribution is 6.03. The second-order valence-corrected chi connectivity index (χ2v) is 5.27. The van der Waals surface area contributed by atoms with E-state index in [1.807, 2.05) is 54.6 Å². The smallest absolute Gasteiger partial charge is 0.240 e. The summed E-state index contributed by atoms with van der Waals surface area (Å²) in [7, 11) is 1.64. The third-order valence-corrected chi connectivity index (χ3v) is 3.84. The maximum atomic E-state index is 11.9. The van der Waals surface area contributed by atoms with E-state index in [9.17, 15) is 4.79 Å². The van der Waals surface area contributed by atoms with Gasteiger partial charge < -0.3 is 4.74 Å². The maximum absolute atomic E-state index is 11.9. The van der Waals surface area contributed by atoms with Crippen LogP contribution in [0.3, 0.4) is 0 Å². The van der Waals surface area contributed by atoms with E-state index in [0.717, 1.165) is 29.0 Å². The standard InChI is InChI=1S/C18H18N2O2/c1-13(21)20-18(15-8-10-16(22-2)11-9-15)12-17(19-20)14-6-4-3-5-7-14/h3-11,18H,12H2,1-2H3/t18-/m1/s1. The quantitative estimate of drug-likeness (QED) is 0.870. The average Bonchev–Trinajstić information content (AvgIpc) is 3.01. The molecular weight excluding hydrogens is 276 g/mol. The van der Waals surface area contributed by atoms with Gasteiger partial charge in [-0.15, -0.1) is 0 Å². The lowest BCUT2D eigenvalue weighted by Gasteiger charge is -2.20. The van der Waals surface area contributed by atoms with Gasteiger partial charge in [-0.25, -0.2) is 5.01 Å². The van der Waals surface area contributed by atoms with Crippen LogP contribution >= 0.6 is 0 Å². The predicted octanol–water partition coefficient (Wildman–Crippen LogP) is 3.39. The minimum absolute atomic E-state index is 0.0493. The monoisotopic (exact) mass is 294 g/mol. The Bertz CT molecular complexity index is 693. The van der Waals surface area contributed by atoms with Crippen LogP contribution in [0.1, 0.15) is 30.5 Å². The maximum Gasteiger partial charge on any atom is 0.240 e. The van der Waals surface area contributed by atoms with E-state index in [1.54, 1.807) is 19.0 Å². The molecule has 0 unspecified atom stereocenters. The van der Waals surface area contributed by atoms with Crippen LogP contribution in [-0.2, 0) is 4.79 Å². The van der Waals surface area contributed by atoms with Gasteiger partial charge in [-0.05, 0) is 23.3 Å². The van der Waals surface area contributed by atoms with E-state index >= 15 is 0 Å². The van der Waals surface area contributed by atoms with Crippen molar-refractivity contribution in [3.63, 3.8) is 0 Å². The van der Waals surface area contributed by atoms with Crippen LogP contribution in [0, 0.1) is 0 Å². The number of carbonyl (C=O) groups excluding carboxylic acids is 1. The number of hydrogen-bond acceptors (Lipinski definition) is 3. The molecule has 4 nitrogen and oxygen atoms in total. The Kier molecular flexibility index (Phi) is 3.92. The van der Waals surface area contributed by atoms with E-state index in [2.05, 4.69) is 5.10 Å². The predicted molar refractivity (Wildman–Crippen MR) is 85.9 cm³/mol. The molecule has 0 saturated heterocycles. The number of ether oxygens (including phenoxy) is 1. The van der Waals surface area contributed by atoms with Gasteiger partial charge in [-0.3, -0.25) is 4.79 Å². The first kappa shape index (κ1) is 14.3. The molecule has 1 heterocycles. The van der Waals surface area contributed by atoms with Gasteiger partial charge in [-0.1, -0.05) is 42.5 Å². The van der Waals surface area contributed by atoms with E-state index in [-0.39, 0.29) is 11.9 Å². The first-order valence-electron chi connectivity index (χ1n) is 7.25. The molecule has 22 heavy (non-hydrogen) atoms. The Labute approximate surface area is 130 Å². The number of methoxy groups -OCH3 is 1. The SMILES string of the molecule is COc1ccc([C@H]2CC(c3ccccc3)=NN2C(C)=O)cc1. The molecule has 0 saturated carbocycles. The van der Waals surface area contributed by atoms with Crippen molar-refractivity contribution in [1.82, 2.24) is 5.01 Å². The second-order valence-electron chi connectivity index (χ2n) is 5.27. The molecule has 0 N–H and O–H groups in total. The molecule has 0 aliphatic carbocycles. The van der Waals surface area contributed by atoms with Crippen LogP contribution in [0.2, 0.25) is 0 Å². The number of benzene rings is 2. The Morgan fingerprint density at radius 2 is 1.82 bits per heavy atom. The van der Waals surface area contributed by atoms with E-state index in [4.69, 9.17) is 4.74 Å². The highest BCUT2D eigenvalue weighted by Gasteiger charge is 2.31. The van der Waals surface area contributed by atoms with Crippen molar-refractivity contribution in [1.29, 1.82) is 0 Å². The highest BCUT2D eigenvalue weighted by Crippen LogP contribution is 2.33. The van der Waals surface area contributed by atoms with Gasteiger partial charge in [-0.2, -0.15) is 5.10 Å². The lowest BCUT2D eigenvalue weighted by atomic mass is 9.98. The Morgan fingerprint density at radius 1 is 1.14 bits per heavy atom. The van der Waals surface area contributed by atoms with Crippen LogP contribution in [-0.4, -0.2) is 23.7 Å². The first-order valence-corrected chi connectivity index (χ1v) is 7.25. The van der Waals surface area contributed by atoms with E-state index in [0.29, 0.717) is 0 Å². The zero-order valence-corrected chi connectivity index (χ0v) is 12.7. The lowest BCUT2D eigenvalue weighted by Crippen LogP contribution is -2.24. The summed E-state index contributed by atoms with van der Waals surface area (Å²) in [5.74, 6) is 0.757. The van der Waals surface area contributed by atoms with Crippen molar-refractivity contribution < 1.29 is 9.53 Å². The van der Waals surface area contributed by atoms with Crippen molar-refractivity contribution in [2.75, 3.05) is 7.11 Å². The summed E-state index contributed by atoms with van der Waals surface area (Å²) in [5.41, 5.74) is 3.06. The van der Waals surface area contributed by atoms with Crippen molar-refractivity contribution in [3.8, 4) is 5.75 Å². The van der Waals surface area contributed by atoms with Crippen LogP contribution < -0.4 is 4.74 Å². The highest BCUT2D eigenvalue weighted by atomic mass is 16.5. The summed E-state index contributed by atoms with van der Waals surface area (Å²) in [4.78, 5) is 11.9. The zero-order chi connectivity index (χ0) is 15.5. The molecule has 0 aromatic heterocycles. The largest absolute Gasteiger partial charge is 0.497 e. The van der Waals surface area contributed by atoms with Crippen LogP contribution in [0.25, 0.3) is 0 Å². The number of nitrogens with zero attached hydrogens (tertiary/aromatic N) is 2. The molecule has 1 aliphatic heterocycles. The third-order valence-electron chi connectivity index (χ3n) is 3.84. The van der Waals surface area contributed by atoms with Crippen LogP contribution in [0.4, 0.5) is 0 Å². The van der Waals surface area contributed by atoms with Gasteiger partial charge in [0.25, 0.3) is 0 Å². The Morgan fingerprint density at radius 3 is 2.41 bits per heavy atom. The molecule has 2 aromatic rings. The fraction of sp³-hybridized carbons (Fsp3) is 0.222. The number of hydrogen-bond donors (Lipinski definition) is 0. The van der Waals surface area contributed by atoms with Crippen LogP contribution in [0.5, 0.6) is 5.75 Å². The molecule has 0 fully saturated rings. The summed E-state index contributed by atoms with van der Waals surface area (Å²) in [6.45, 7) is 1.55. The fourth-order valence-corrected chi connectivity index (χ4v) is 2.69. The molecule has 3 rings (SSSR count). The third kappa shape index (κ3) is 2.72. The Balaban J connectivity index is 1.90. The first-order chi connectivity index (χ1) is 10.7. The number of hydrazone groups is 1. The van der Waals surface area contributed by atoms with Gasteiger partial charge >= 0.3 is 0 Å². The number of rotatable bonds is 3. The molecule has 1 amide bonds. The van der Waals surface area contributed by atoms with Gasteiger partial charge in [0.05, 0.1) is 18.9 Å². The molecule has 0 spiro atoms. The Hall–Kier alpha value is -2.62. The molecule has 112 valence electrons. The van der Waals surface area contributed by atoms with Crippen molar-refractivity contribution >= 4 is 11.6 Å². The molecule has 2 aromatic carbocycles. The van der Waals surface area contributed by atoms with Gasteiger partial charge in [0.15, 0.2) is 0 Å². The van der Waals surface area contributed by atoms with Gasteiger partial charge in [0.1, 0.15) is 5.75 Å². The molecule has 1 aliphatic rings. The lowest BCUT2D eigenvalue weighted by molar-refractivity contribution is -0.130. The molecule has 0 bridgehead atoms. The fourth-order valence-electron chi connectivity index (χ4n) is 2.69. The van der Waals surface area contributed by atoms with Crippen molar-refractivity contribution in [2.24, 2.45) is 5.10 Å². The van der Waals surface area contributed by atoms with Crippen molar-refractivity contribution in [3.05, 3.63) is 65.7 Å². The minimum Gasteiger partial charge on any atom is -0.497 e. The number of amides is 1. The number of carbonyl (C=O) groups is 1. The molecule has 4 heteroatoms. The summed E-state index contributed by atoms with van der Waals surface area (Å²) < 4.78 is 5.19. The molecule has 1 atom stereocenters. The van der Waals surface area contributed by atoms with Crippen molar-refractivity contribution in [2.45, 2.75) is 19.4 Å². The summed E-state index contributed by atoms with van der Waals surface area (Å²) >= 11 is 0. The van der Waals surface area contributed by atoms with Crippen LogP contribution in [0.15, 0.2) is 59.7 Å².